The molecule has 0 spiro atoms. The van der Waals surface area contributed by atoms with Gasteiger partial charge in [-0.25, -0.2) is 0 Å². The highest BCUT2D eigenvalue weighted by molar-refractivity contribution is 7.98. The standard InChI is InChI=1S/C8H13N3OS/c1-3-7(12)9-5-6-4-8(13-2)11-10-6/h4-5,7,12H,3H2,1-2H3,(H,10,11). The average molecular weight is 199 g/mol. The topological polar surface area (TPSA) is 61.3 Å². The second-order valence-corrected chi connectivity index (χ2v) is 3.36. The Balaban J connectivity index is 2.58. The molecule has 0 saturated carbocycles. The number of aromatic nitrogens is 2. The van der Waals surface area contributed by atoms with E-state index < -0.39 is 6.23 Å². The van der Waals surface area contributed by atoms with Gasteiger partial charge in [0.2, 0.25) is 0 Å². The van der Waals surface area contributed by atoms with E-state index in [9.17, 15) is 0 Å². The summed E-state index contributed by atoms with van der Waals surface area (Å²) in [6, 6.07) is 1.89. The molecule has 1 heterocycles. The fraction of sp³-hybridized carbons (Fsp3) is 0.500. The third kappa shape index (κ3) is 3.20. The molecule has 1 rings (SSSR count). The predicted molar refractivity (Wildman–Crippen MR) is 54.3 cm³/mol. The van der Waals surface area contributed by atoms with Crippen LogP contribution in [0.25, 0.3) is 0 Å². The molecule has 1 unspecified atom stereocenters. The Morgan fingerprint density at radius 1 is 1.85 bits per heavy atom. The van der Waals surface area contributed by atoms with Crippen LogP contribution in [0.2, 0.25) is 0 Å². The van der Waals surface area contributed by atoms with Gasteiger partial charge in [0.1, 0.15) is 11.3 Å². The van der Waals surface area contributed by atoms with Crippen LogP contribution in [0.3, 0.4) is 0 Å². The van der Waals surface area contributed by atoms with Crippen LogP contribution in [0.5, 0.6) is 0 Å². The third-order valence-corrected chi connectivity index (χ3v) is 2.16. The lowest BCUT2D eigenvalue weighted by atomic mass is 10.4. The quantitative estimate of drug-likeness (QED) is 0.567. The molecular weight excluding hydrogens is 186 g/mol. The van der Waals surface area contributed by atoms with Crippen molar-refractivity contribution in [1.82, 2.24) is 10.2 Å². The maximum Gasteiger partial charge on any atom is 0.144 e. The molecular formula is C8H13N3OS. The molecule has 0 bridgehead atoms. The van der Waals surface area contributed by atoms with Crippen molar-refractivity contribution in [2.45, 2.75) is 24.6 Å². The first-order valence-corrected chi connectivity index (χ1v) is 5.29. The van der Waals surface area contributed by atoms with E-state index in [1.807, 2.05) is 19.2 Å². The molecule has 0 fully saturated rings. The summed E-state index contributed by atoms with van der Waals surface area (Å²) in [6.45, 7) is 1.88. The molecule has 0 radical (unpaired) electrons. The summed E-state index contributed by atoms with van der Waals surface area (Å²) in [7, 11) is 0. The van der Waals surface area contributed by atoms with E-state index in [2.05, 4.69) is 15.2 Å². The summed E-state index contributed by atoms with van der Waals surface area (Å²) in [5, 5.41) is 16.9. The van der Waals surface area contributed by atoms with Gasteiger partial charge < -0.3 is 5.11 Å². The van der Waals surface area contributed by atoms with E-state index in [0.717, 1.165) is 10.7 Å². The molecule has 1 aromatic heterocycles. The van der Waals surface area contributed by atoms with Gasteiger partial charge in [-0.3, -0.25) is 10.1 Å². The van der Waals surface area contributed by atoms with Gasteiger partial charge in [0.15, 0.2) is 0 Å². The molecule has 4 nitrogen and oxygen atoms in total. The highest BCUT2D eigenvalue weighted by atomic mass is 32.2. The summed E-state index contributed by atoms with van der Waals surface area (Å²) in [5.74, 6) is 0. The monoisotopic (exact) mass is 199 g/mol. The highest BCUT2D eigenvalue weighted by Gasteiger charge is 1.97. The van der Waals surface area contributed by atoms with Crippen molar-refractivity contribution < 1.29 is 5.11 Å². The van der Waals surface area contributed by atoms with Crippen molar-refractivity contribution in [3.63, 3.8) is 0 Å². The van der Waals surface area contributed by atoms with E-state index in [1.165, 1.54) is 0 Å². The molecule has 0 saturated heterocycles. The Morgan fingerprint density at radius 2 is 2.62 bits per heavy atom. The van der Waals surface area contributed by atoms with Gasteiger partial charge in [-0.05, 0) is 18.7 Å². The van der Waals surface area contributed by atoms with Gasteiger partial charge in [-0.2, -0.15) is 5.10 Å². The Hall–Kier alpha value is -0.810. The zero-order valence-electron chi connectivity index (χ0n) is 7.69. The number of nitrogens with zero attached hydrogens (tertiary/aromatic N) is 2. The van der Waals surface area contributed by atoms with Crippen molar-refractivity contribution in [3.05, 3.63) is 11.8 Å². The fourth-order valence-corrected chi connectivity index (χ4v) is 1.14. The Bertz CT molecular complexity index is 285. The maximum absolute atomic E-state index is 9.15. The second-order valence-electron chi connectivity index (χ2n) is 2.53. The number of rotatable bonds is 4. The van der Waals surface area contributed by atoms with Gasteiger partial charge in [0, 0.05) is 6.21 Å². The van der Waals surface area contributed by atoms with Crippen molar-refractivity contribution in [1.29, 1.82) is 0 Å². The van der Waals surface area contributed by atoms with Crippen molar-refractivity contribution in [2.75, 3.05) is 6.26 Å². The first kappa shape index (κ1) is 10.3. The Morgan fingerprint density at radius 3 is 3.15 bits per heavy atom. The normalized spacial score (nSPS) is 13.8. The van der Waals surface area contributed by atoms with Gasteiger partial charge in [-0.1, -0.05) is 6.92 Å². The number of nitrogens with one attached hydrogen (secondary N) is 1. The molecule has 0 aliphatic rings. The molecule has 1 atom stereocenters. The molecule has 0 aliphatic heterocycles. The SMILES string of the molecule is CCC(O)N=Cc1cc(SC)n[nH]1. The smallest absolute Gasteiger partial charge is 0.144 e. The van der Waals surface area contributed by atoms with Gasteiger partial charge in [-0.15, -0.1) is 11.8 Å². The molecule has 2 N–H and O–H groups in total. The lowest BCUT2D eigenvalue weighted by Gasteiger charge is -1.96. The van der Waals surface area contributed by atoms with E-state index >= 15 is 0 Å². The number of aliphatic imine (C=N–C) groups is 1. The zero-order chi connectivity index (χ0) is 9.68. The maximum atomic E-state index is 9.15. The number of hydrogen-bond donors (Lipinski definition) is 2. The number of hydrogen-bond acceptors (Lipinski definition) is 4. The third-order valence-electron chi connectivity index (χ3n) is 1.53. The minimum Gasteiger partial charge on any atom is -0.372 e. The number of thioether (sulfide) groups is 1. The van der Waals surface area contributed by atoms with Crippen molar-refractivity contribution >= 4 is 18.0 Å². The van der Waals surface area contributed by atoms with Crippen LogP contribution >= 0.6 is 11.8 Å². The fourth-order valence-electron chi connectivity index (χ4n) is 0.760. The number of aliphatic hydroxyl groups is 1. The minimum absolute atomic E-state index is 0.610. The van der Waals surface area contributed by atoms with Crippen LogP contribution in [-0.4, -0.2) is 34.0 Å². The molecule has 0 aliphatic carbocycles. The Labute approximate surface area is 81.5 Å². The summed E-state index contributed by atoms with van der Waals surface area (Å²) in [4.78, 5) is 3.91. The zero-order valence-corrected chi connectivity index (χ0v) is 8.51. The average Bonchev–Trinajstić information content (AvgIpc) is 2.61. The van der Waals surface area contributed by atoms with Gasteiger partial charge in [0.25, 0.3) is 0 Å². The minimum atomic E-state index is -0.610. The molecule has 13 heavy (non-hydrogen) atoms. The summed E-state index contributed by atoms with van der Waals surface area (Å²) >= 11 is 1.56. The van der Waals surface area contributed by atoms with Crippen LogP contribution < -0.4 is 0 Å². The van der Waals surface area contributed by atoms with E-state index in [-0.39, 0.29) is 0 Å². The largest absolute Gasteiger partial charge is 0.372 e. The van der Waals surface area contributed by atoms with Crippen LogP contribution in [0.4, 0.5) is 0 Å². The lowest BCUT2D eigenvalue weighted by Crippen LogP contribution is -1.99. The summed E-state index contributed by atoms with van der Waals surface area (Å²) in [5.41, 5.74) is 0.817. The van der Waals surface area contributed by atoms with Crippen molar-refractivity contribution in [3.8, 4) is 0 Å². The number of aliphatic hydroxyl groups excluding tert-OH is 1. The van der Waals surface area contributed by atoms with Crippen LogP contribution in [0, 0.1) is 0 Å². The molecule has 5 heteroatoms. The summed E-state index contributed by atoms with van der Waals surface area (Å²) in [6.07, 6.45) is 3.57. The molecule has 0 aromatic carbocycles. The molecule has 1 aromatic rings. The van der Waals surface area contributed by atoms with Crippen LogP contribution in [0.15, 0.2) is 16.1 Å². The van der Waals surface area contributed by atoms with E-state index in [0.29, 0.717) is 6.42 Å². The van der Waals surface area contributed by atoms with Crippen LogP contribution in [0.1, 0.15) is 19.0 Å². The number of H-pyrrole nitrogens is 1. The van der Waals surface area contributed by atoms with Crippen molar-refractivity contribution in [2.24, 2.45) is 4.99 Å². The number of aromatic amines is 1. The summed E-state index contributed by atoms with van der Waals surface area (Å²) < 4.78 is 0. The van der Waals surface area contributed by atoms with Gasteiger partial charge in [0.05, 0.1) is 5.69 Å². The van der Waals surface area contributed by atoms with Gasteiger partial charge >= 0.3 is 0 Å². The molecule has 0 amide bonds. The first-order chi connectivity index (χ1) is 6.26. The van der Waals surface area contributed by atoms with Crippen LogP contribution in [-0.2, 0) is 0 Å². The second kappa shape index (κ2) is 5.04. The highest BCUT2D eigenvalue weighted by Crippen LogP contribution is 2.10. The first-order valence-electron chi connectivity index (χ1n) is 4.07. The molecule has 72 valence electrons. The van der Waals surface area contributed by atoms with E-state index in [1.54, 1.807) is 18.0 Å². The predicted octanol–water partition coefficient (Wildman–Crippen LogP) is 1.28. The Kier molecular flexibility index (Phi) is 3.98. The lowest BCUT2D eigenvalue weighted by molar-refractivity contribution is 0.181. The van der Waals surface area contributed by atoms with E-state index in [4.69, 9.17) is 5.11 Å².